The monoisotopic (exact) mass is 385 g/mol. The fourth-order valence-corrected chi connectivity index (χ4v) is 2.71. The summed E-state index contributed by atoms with van der Waals surface area (Å²) >= 11 is 0. The van der Waals surface area contributed by atoms with Gasteiger partial charge in [-0.25, -0.2) is 4.79 Å². The molecule has 5 heteroatoms. The first-order chi connectivity index (χ1) is 13.3. The van der Waals surface area contributed by atoms with Gasteiger partial charge in [-0.15, -0.1) is 0 Å². The van der Waals surface area contributed by atoms with Gasteiger partial charge in [0.15, 0.2) is 0 Å². The fraction of sp³-hybridized carbons (Fsp3) is 0.391. The number of allylic oxidation sites excluding steroid dienone is 2. The highest BCUT2D eigenvalue weighted by atomic mass is 16.5. The number of nitrogens with two attached hydrogens (primary N) is 1. The molecule has 1 rings (SSSR count). The Morgan fingerprint density at radius 1 is 1.14 bits per heavy atom. The van der Waals surface area contributed by atoms with E-state index in [0.717, 1.165) is 12.0 Å². The second-order valence-electron chi connectivity index (χ2n) is 6.88. The van der Waals surface area contributed by atoms with Gasteiger partial charge in [-0.1, -0.05) is 75.8 Å². The molecule has 3 N–H and O–H groups in total. The standard InChI is InChI=1S/C23H31NO4/c1-4-17(2)23(27)18(3)20(13-9-6-10-14-21(24)25)28-22(26)16-15-19-11-7-5-8-12-19/h5-12,14-18,20,23,27H,4,13H2,1-3H3,(H2,24,25)/b9-6+,14-10-,16-15+/t17?,18-,20?,23?/m1/s1. The van der Waals surface area contributed by atoms with Gasteiger partial charge < -0.3 is 15.6 Å². The highest BCUT2D eigenvalue weighted by Gasteiger charge is 2.29. The van der Waals surface area contributed by atoms with E-state index in [0.29, 0.717) is 6.42 Å². The van der Waals surface area contributed by atoms with Crippen LogP contribution in [0.25, 0.3) is 6.08 Å². The maximum atomic E-state index is 12.3. The Hall–Kier alpha value is -2.66. The van der Waals surface area contributed by atoms with Crippen LogP contribution < -0.4 is 5.73 Å². The Bertz CT molecular complexity index is 694. The molecule has 0 aliphatic carbocycles. The number of amides is 1. The Kier molecular flexibility index (Phi) is 10.6. The molecule has 28 heavy (non-hydrogen) atoms. The lowest BCUT2D eigenvalue weighted by Crippen LogP contribution is -2.36. The molecule has 0 aliphatic rings. The summed E-state index contributed by atoms with van der Waals surface area (Å²) in [6.45, 7) is 5.86. The average Bonchev–Trinajstić information content (AvgIpc) is 2.69. The van der Waals surface area contributed by atoms with Gasteiger partial charge in [0, 0.05) is 24.5 Å². The molecule has 1 aromatic carbocycles. The molecule has 3 unspecified atom stereocenters. The lowest BCUT2D eigenvalue weighted by molar-refractivity contribution is -0.148. The smallest absolute Gasteiger partial charge is 0.331 e. The number of carbonyl (C=O) groups excluding carboxylic acids is 2. The van der Waals surface area contributed by atoms with Crippen LogP contribution in [-0.2, 0) is 14.3 Å². The van der Waals surface area contributed by atoms with Gasteiger partial charge in [-0.3, -0.25) is 4.79 Å². The predicted octanol–water partition coefficient (Wildman–Crippen LogP) is 3.64. The van der Waals surface area contributed by atoms with Crippen molar-refractivity contribution in [2.45, 2.75) is 45.8 Å². The minimum absolute atomic E-state index is 0.0924. The van der Waals surface area contributed by atoms with Crippen LogP contribution in [0, 0.1) is 11.8 Å². The van der Waals surface area contributed by atoms with Gasteiger partial charge in [-0.2, -0.15) is 0 Å². The summed E-state index contributed by atoms with van der Waals surface area (Å²) in [4.78, 5) is 23.0. The van der Waals surface area contributed by atoms with Gasteiger partial charge in [0.05, 0.1) is 6.10 Å². The number of aliphatic hydroxyl groups excluding tert-OH is 1. The van der Waals surface area contributed by atoms with Crippen molar-refractivity contribution in [1.82, 2.24) is 0 Å². The number of hydrogen-bond acceptors (Lipinski definition) is 4. The molecule has 0 heterocycles. The van der Waals surface area contributed by atoms with Crippen LogP contribution in [0.1, 0.15) is 39.2 Å². The Morgan fingerprint density at radius 3 is 2.43 bits per heavy atom. The van der Waals surface area contributed by atoms with Gasteiger partial charge in [0.25, 0.3) is 0 Å². The van der Waals surface area contributed by atoms with Crippen molar-refractivity contribution in [3.63, 3.8) is 0 Å². The van der Waals surface area contributed by atoms with Gasteiger partial charge >= 0.3 is 5.97 Å². The Morgan fingerprint density at radius 2 is 1.82 bits per heavy atom. The van der Waals surface area contributed by atoms with Crippen molar-refractivity contribution in [2.24, 2.45) is 17.6 Å². The van der Waals surface area contributed by atoms with E-state index in [-0.39, 0.29) is 11.8 Å². The molecule has 0 saturated carbocycles. The van der Waals surface area contributed by atoms with Gasteiger partial charge in [0.2, 0.25) is 5.91 Å². The molecular weight excluding hydrogens is 354 g/mol. The van der Waals surface area contributed by atoms with E-state index < -0.39 is 24.1 Å². The molecule has 0 bridgehead atoms. The number of esters is 1. The van der Waals surface area contributed by atoms with E-state index in [9.17, 15) is 14.7 Å². The maximum absolute atomic E-state index is 12.3. The summed E-state index contributed by atoms with van der Waals surface area (Å²) in [7, 11) is 0. The number of carbonyl (C=O) groups is 2. The van der Waals surface area contributed by atoms with Crippen molar-refractivity contribution >= 4 is 18.0 Å². The number of aliphatic hydroxyl groups is 1. The Balaban J connectivity index is 2.81. The van der Waals surface area contributed by atoms with Crippen molar-refractivity contribution in [3.8, 4) is 0 Å². The molecular formula is C23H31NO4. The summed E-state index contributed by atoms with van der Waals surface area (Å²) < 4.78 is 5.62. The fourth-order valence-electron chi connectivity index (χ4n) is 2.71. The van der Waals surface area contributed by atoms with E-state index in [4.69, 9.17) is 10.5 Å². The Labute approximate surface area is 167 Å². The third kappa shape index (κ3) is 8.82. The average molecular weight is 386 g/mol. The number of primary amides is 1. The molecule has 0 saturated heterocycles. The number of ether oxygens (including phenoxy) is 1. The van der Waals surface area contributed by atoms with E-state index in [1.165, 1.54) is 18.2 Å². The van der Waals surface area contributed by atoms with Crippen LogP contribution in [0.15, 0.2) is 60.7 Å². The van der Waals surface area contributed by atoms with E-state index in [1.54, 1.807) is 18.2 Å². The van der Waals surface area contributed by atoms with Crippen molar-refractivity contribution in [2.75, 3.05) is 0 Å². The van der Waals surface area contributed by atoms with Crippen LogP contribution in [0.5, 0.6) is 0 Å². The summed E-state index contributed by atoms with van der Waals surface area (Å²) in [6, 6.07) is 9.48. The molecule has 5 nitrogen and oxygen atoms in total. The molecule has 1 amide bonds. The normalized spacial score (nSPS) is 16.3. The minimum Gasteiger partial charge on any atom is -0.458 e. The molecule has 1 aromatic rings. The van der Waals surface area contributed by atoms with Crippen molar-refractivity contribution in [3.05, 3.63) is 66.3 Å². The molecule has 0 fully saturated rings. The zero-order valence-corrected chi connectivity index (χ0v) is 16.8. The van der Waals surface area contributed by atoms with Crippen molar-refractivity contribution in [1.29, 1.82) is 0 Å². The molecule has 4 atom stereocenters. The maximum Gasteiger partial charge on any atom is 0.331 e. The SMILES string of the molecule is CCC(C)C(O)[C@H](C)C(C/C=C/C=C\C(N)=O)OC(=O)/C=C/c1ccccc1. The third-order valence-corrected chi connectivity index (χ3v) is 4.71. The van der Waals surface area contributed by atoms with Crippen LogP contribution in [0.3, 0.4) is 0 Å². The van der Waals surface area contributed by atoms with Crippen LogP contribution in [0.2, 0.25) is 0 Å². The highest BCUT2D eigenvalue weighted by molar-refractivity contribution is 5.87. The number of hydrogen-bond donors (Lipinski definition) is 2. The first kappa shape index (κ1) is 23.4. The van der Waals surface area contributed by atoms with Crippen LogP contribution in [-0.4, -0.2) is 29.2 Å². The van der Waals surface area contributed by atoms with E-state index in [1.807, 2.05) is 51.1 Å². The topological polar surface area (TPSA) is 89.6 Å². The molecule has 0 spiro atoms. The molecule has 0 aromatic heterocycles. The lowest BCUT2D eigenvalue weighted by Gasteiger charge is -2.30. The van der Waals surface area contributed by atoms with Gasteiger partial charge in [-0.05, 0) is 17.6 Å². The number of benzene rings is 1. The van der Waals surface area contributed by atoms with Gasteiger partial charge in [0.1, 0.15) is 6.10 Å². The van der Waals surface area contributed by atoms with Crippen molar-refractivity contribution < 1.29 is 19.4 Å². The summed E-state index contributed by atoms with van der Waals surface area (Å²) in [5.74, 6) is -1.14. The predicted molar refractivity (Wildman–Crippen MR) is 112 cm³/mol. The largest absolute Gasteiger partial charge is 0.458 e. The second kappa shape index (κ2) is 12.7. The van der Waals surface area contributed by atoms with Crippen LogP contribution >= 0.6 is 0 Å². The first-order valence-corrected chi connectivity index (χ1v) is 9.59. The third-order valence-electron chi connectivity index (χ3n) is 4.71. The minimum atomic E-state index is -0.588. The summed E-state index contributed by atoms with van der Waals surface area (Å²) in [5, 5.41) is 10.5. The zero-order chi connectivity index (χ0) is 20.9. The molecule has 0 aliphatic heterocycles. The van der Waals surface area contributed by atoms with E-state index in [2.05, 4.69) is 0 Å². The second-order valence-corrected chi connectivity index (χ2v) is 6.88. The molecule has 0 radical (unpaired) electrons. The highest BCUT2D eigenvalue weighted by Crippen LogP contribution is 2.23. The zero-order valence-electron chi connectivity index (χ0n) is 16.8. The first-order valence-electron chi connectivity index (χ1n) is 9.59. The van der Waals surface area contributed by atoms with Crippen LogP contribution in [0.4, 0.5) is 0 Å². The number of rotatable bonds is 11. The van der Waals surface area contributed by atoms with E-state index >= 15 is 0 Å². The quantitative estimate of drug-likeness (QED) is 0.346. The summed E-state index contributed by atoms with van der Waals surface area (Å²) in [5.41, 5.74) is 5.95. The summed E-state index contributed by atoms with van der Waals surface area (Å²) in [6.07, 6.45) is 9.50. The molecule has 152 valence electrons. The lowest BCUT2D eigenvalue weighted by atomic mass is 9.86.